The van der Waals surface area contributed by atoms with Crippen LogP contribution < -0.4 is 29.6 Å². The van der Waals surface area contributed by atoms with Crippen LogP contribution in [0, 0.1) is 0 Å². The summed E-state index contributed by atoms with van der Waals surface area (Å²) in [7, 11) is 3.02. The zero-order chi connectivity index (χ0) is 28.8. The topological polar surface area (TPSA) is 128 Å². The van der Waals surface area contributed by atoms with Gasteiger partial charge in [0, 0.05) is 37.3 Å². The van der Waals surface area contributed by atoms with Crippen LogP contribution in [0.25, 0.3) is 0 Å². The molecule has 4 bridgehead atoms. The van der Waals surface area contributed by atoms with E-state index in [0.29, 0.717) is 41.7 Å². The fraction of sp³-hybridized carbons (Fsp3) is 0.333. The van der Waals surface area contributed by atoms with Gasteiger partial charge in [0.2, 0.25) is 11.8 Å². The molecule has 0 aliphatic carbocycles. The van der Waals surface area contributed by atoms with Crippen LogP contribution in [0.5, 0.6) is 23.1 Å². The number of likely N-dealkylation sites (tertiary alicyclic amines) is 1. The number of fused-ring (bicyclic) bond motifs is 9. The highest BCUT2D eigenvalue weighted by atomic mass is 16.5. The average molecular weight is 561 g/mol. The summed E-state index contributed by atoms with van der Waals surface area (Å²) in [4.78, 5) is 44.6. The molecular weight excluding hydrogens is 528 g/mol. The van der Waals surface area contributed by atoms with Crippen molar-refractivity contribution in [1.82, 2.24) is 20.5 Å². The van der Waals surface area contributed by atoms with E-state index < -0.39 is 12.1 Å². The van der Waals surface area contributed by atoms with Crippen molar-refractivity contribution in [3.05, 3.63) is 77.5 Å². The minimum Gasteiger partial charge on any atom is -0.493 e. The van der Waals surface area contributed by atoms with Gasteiger partial charge in [0.25, 0.3) is 11.8 Å². The predicted molar refractivity (Wildman–Crippen MR) is 148 cm³/mol. The molecule has 11 heteroatoms. The summed E-state index contributed by atoms with van der Waals surface area (Å²) < 4.78 is 22.6. The summed E-state index contributed by atoms with van der Waals surface area (Å²) in [5, 5.41) is 5.92. The zero-order valence-electron chi connectivity index (χ0n) is 22.9. The molecule has 0 spiro atoms. The smallest absolute Gasteiger partial charge is 0.258 e. The number of nitrogens with one attached hydrogen (secondary N) is 2. The number of amides is 3. The second-order valence-electron chi connectivity index (χ2n) is 9.82. The Morgan fingerprint density at radius 3 is 2.54 bits per heavy atom. The van der Waals surface area contributed by atoms with Crippen molar-refractivity contribution in [3.63, 3.8) is 0 Å². The number of aromatic nitrogens is 1. The number of pyridine rings is 1. The molecule has 3 aliphatic rings. The number of hydrogen-bond donors (Lipinski definition) is 2. The number of carbonyl (C=O) groups excluding carboxylic acids is 3. The molecule has 4 heterocycles. The van der Waals surface area contributed by atoms with Crippen LogP contribution in [0.15, 0.2) is 60.8 Å². The summed E-state index contributed by atoms with van der Waals surface area (Å²) in [6, 6.07) is 15.5. The van der Waals surface area contributed by atoms with Gasteiger partial charge < -0.3 is 34.5 Å². The molecule has 3 aromatic rings. The molecular formula is C30H32N4O7. The molecule has 1 saturated heterocycles. The molecule has 2 N–H and O–H groups in total. The molecule has 3 amide bonds. The molecule has 2 atom stereocenters. The van der Waals surface area contributed by atoms with Gasteiger partial charge in [-0.25, -0.2) is 4.98 Å². The lowest BCUT2D eigenvalue weighted by atomic mass is 10.1. The van der Waals surface area contributed by atoms with Gasteiger partial charge >= 0.3 is 0 Å². The van der Waals surface area contributed by atoms with Crippen molar-refractivity contribution in [2.75, 3.05) is 33.9 Å². The van der Waals surface area contributed by atoms with Crippen molar-refractivity contribution in [3.8, 4) is 23.1 Å². The normalized spacial score (nSPS) is 19.3. The Hall–Kier alpha value is -4.80. The van der Waals surface area contributed by atoms with Gasteiger partial charge in [-0.15, -0.1) is 0 Å². The first-order chi connectivity index (χ1) is 19.9. The molecule has 0 radical (unpaired) electrons. The summed E-state index contributed by atoms with van der Waals surface area (Å²) >= 11 is 0. The van der Waals surface area contributed by atoms with Crippen LogP contribution in [0.3, 0.4) is 0 Å². The van der Waals surface area contributed by atoms with Crippen LogP contribution in [0.1, 0.15) is 27.9 Å². The van der Waals surface area contributed by atoms with E-state index >= 15 is 0 Å². The maximum Gasteiger partial charge on any atom is 0.258 e. The minimum atomic E-state index is -0.472. The van der Waals surface area contributed by atoms with Crippen molar-refractivity contribution in [1.29, 1.82) is 0 Å². The number of rotatable bonds is 3. The monoisotopic (exact) mass is 560 g/mol. The molecule has 1 fully saturated rings. The summed E-state index contributed by atoms with van der Waals surface area (Å²) in [5.41, 5.74) is 2.17. The third-order valence-corrected chi connectivity index (χ3v) is 7.02. The molecule has 1 aromatic heterocycles. The van der Waals surface area contributed by atoms with E-state index in [0.717, 1.165) is 11.1 Å². The number of hydrogen-bond acceptors (Lipinski definition) is 8. The molecule has 214 valence electrons. The lowest BCUT2D eigenvalue weighted by Gasteiger charge is -2.21. The highest BCUT2D eigenvalue weighted by Crippen LogP contribution is 2.29. The first-order valence-corrected chi connectivity index (χ1v) is 13.3. The molecule has 0 saturated carbocycles. The zero-order valence-corrected chi connectivity index (χ0v) is 22.9. The molecule has 11 nitrogen and oxygen atoms in total. The number of methoxy groups -OCH3 is 2. The largest absolute Gasteiger partial charge is 0.493 e. The number of carbonyl (C=O) groups is 3. The Kier molecular flexibility index (Phi) is 8.52. The lowest BCUT2D eigenvalue weighted by Crippen LogP contribution is -2.45. The first-order valence-electron chi connectivity index (χ1n) is 13.3. The van der Waals surface area contributed by atoms with Gasteiger partial charge in [-0.05, 0) is 47.9 Å². The molecule has 6 rings (SSSR count). The van der Waals surface area contributed by atoms with E-state index in [-0.39, 0.29) is 43.8 Å². The van der Waals surface area contributed by atoms with E-state index in [9.17, 15) is 14.4 Å². The van der Waals surface area contributed by atoms with Gasteiger partial charge in [-0.1, -0.05) is 18.2 Å². The van der Waals surface area contributed by atoms with Gasteiger partial charge in [-0.2, -0.15) is 0 Å². The average Bonchev–Trinajstić information content (AvgIpc) is 3.39. The van der Waals surface area contributed by atoms with E-state index in [1.165, 1.54) is 20.4 Å². The van der Waals surface area contributed by atoms with E-state index in [1.807, 2.05) is 18.2 Å². The van der Waals surface area contributed by atoms with Crippen molar-refractivity contribution in [2.45, 2.75) is 31.5 Å². The standard InChI is InChI=1S/C30H32N4O7/c1-38-24-9-5-19-6-10-27(35)33-23-16-34(30(37)21-11-12-31-29(14-21)39-2)17-26(23)41-22-7-3-20(4-8-22)15-32-28(36)18-40-25(24)13-19/h3-5,7-9,11-14,23,26H,6,10,15-18H2,1-2H3,(H,32,36)(H,33,35)/t23-,26-/m0/s1. The summed E-state index contributed by atoms with van der Waals surface area (Å²) in [6.45, 7) is 0.710. The summed E-state index contributed by atoms with van der Waals surface area (Å²) in [6.07, 6.45) is 1.70. The Morgan fingerprint density at radius 1 is 0.951 bits per heavy atom. The number of benzene rings is 2. The number of ether oxygens (including phenoxy) is 4. The van der Waals surface area contributed by atoms with Gasteiger partial charge in [-0.3, -0.25) is 14.4 Å². The van der Waals surface area contributed by atoms with Gasteiger partial charge in [0.15, 0.2) is 18.1 Å². The van der Waals surface area contributed by atoms with Crippen LogP contribution in [-0.2, 0) is 22.6 Å². The van der Waals surface area contributed by atoms with Gasteiger partial charge in [0.05, 0.1) is 26.8 Å². The summed E-state index contributed by atoms with van der Waals surface area (Å²) in [5.74, 6) is 1.20. The van der Waals surface area contributed by atoms with E-state index in [4.69, 9.17) is 18.9 Å². The van der Waals surface area contributed by atoms with Crippen molar-refractivity contribution >= 4 is 17.7 Å². The second kappa shape index (κ2) is 12.6. The Bertz CT molecular complexity index is 1410. The molecule has 0 unspecified atom stereocenters. The lowest BCUT2D eigenvalue weighted by molar-refractivity contribution is -0.123. The highest BCUT2D eigenvalue weighted by Gasteiger charge is 2.38. The van der Waals surface area contributed by atoms with Crippen LogP contribution in [0.4, 0.5) is 0 Å². The highest BCUT2D eigenvalue weighted by molar-refractivity contribution is 5.94. The first kappa shape index (κ1) is 27.8. The number of aryl methyl sites for hydroxylation is 1. The van der Waals surface area contributed by atoms with E-state index in [1.54, 1.807) is 41.3 Å². The third kappa shape index (κ3) is 6.86. The minimum absolute atomic E-state index is 0.172. The Labute approximate surface area is 237 Å². The fourth-order valence-corrected chi connectivity index (χ4v) is 4.82. The fourth-order valence-electron chi connectivity index (χ4n) is 4.82. The maximum atomic E-state index is 13.3. The maximum absolute atomic E-state index is 13.3. The van der Waals surface area contributed by atoms with Crippen LogP contribution in [0.2, 0.25) is 0 Å². The third-order valence-electron chi connectivity index (χ3n) is 7.02. The van der Waals surface area contributed by atoms with Crippen molar-refractivity contribution in [2.24, 2.45) is 0 Å². The predicted octanol–water partition coefficient (Wildman–Crippen LogP) is 2.13. The SMILES string of the molecule is COc1cc(C(=O)N2C[C@@H]3NC(=O)CCc4ccc(OC)c(c4)OCC(=O)NCc4ccc(cc4)O[C@H]3C2)ccn1. The second-order valence-corrected chi connectivity index (χ2v) is 9.82. The molecule has 41 heavy (non-hydrogen) atoms. The van der Waals surface area contributed by atoms with E-state index in [2.05, 4.69) is 15.6 Å². The quantitative estimate of drug-likeness (QED) is 0.499. The number of nitrogens with zero attached hydrogens (tertiary/aromatic N) is 2. The molecule has 2 aromatic carbocycles. The molecule has 3 aliphatic heterocycles. The van der Waals surface area contributed by atoms with Crippen molar-refractivity contribution < 1.29 is 33.3 Å². The van der Waals surface area contributed by atoms with Crippen LogP contribution in [-0.4, -0.2) is 73.7 Å². The Balaban J connectivity index is 1.38. The van der Waals surface area contributed by atoms with Gasteiger partial charge in [0.1, 0.15) is 11.9 Å². The van der Waals surface area contributed by atoms with Crippen LogP contribution >= 0.6 is 0 Å². The Morgan fingerprint density at radius 2 is 1.76 bits per heavy atom.